The van der Waals surface area contributed by atoms with Gasteiger partial charge in [0.15, 0.2) is 0 Å². The number of nitrogens with zero attached hydrogens (tertiary/aromatic N) is 1. The van der Waals surface area contributed by atoms with Crippen LogP contribution in [0, 0.1) is 17.2 Å². The van der Waals surface area contributed by atoms with Crippen LogP contribution in [-0.4, -0.2) is 24.7 Å². The predicted molar refractivity (Wildman–Crippen MR) is 141 cm³/mol. The summed E-state index contributed by atoms with van der Waals surface area (Å²) in [4.78, 5) is 8.70. The Morgan fingerprint density at radius 3 is 2.67 bits per heavy atom. The summed E-state index contributed by atoms with van der Waals surface area (Å²) in [5.41, 5.74) is 6.05. The van der Waals surface area contributed by atoms with E-state index in [4.69, 9.17) is 18.6 Å². The fourth-order valence-electron chi connectivity index (χ4n) is 4.01. The molecule has 7 nitrogen and oxygen atoms in total. The van der Waals surface area contributed by atoms with Crippen LogP contribution in [0.5, 0.6) is 5.75 Å². The monoisotopic (exact) mass is 510 g/mol. The molecule has 3 rings (SSSR count). The molecule has 0 radical (unpaired) electrons. The number of hydrogen-bond donors (Lipinski definition) is 2. The number of nitrogens with one attached hydrogen (secondary N) is 1. The second-order valence-corrected chi connectivity index (χ2v) is 9.96. The summed E-state index contributed by atoms with van der Waals surface area (Å²) in [5, 5.41) is 12.8. The van der Waals surface area contributed by atoms with Gasteiger partial charge in [-0.15, -0.1) is 0 Å². The molecule has 36 heavy (non-hydrogen) atoms. The lowest BCUT2D eigenvalue weighted by atomic mass is 9.96. The van der Waals surface area contributed by atoms with Gasteiger partial charge in [0.05, 0.1) is 37.4 Å². The number of hydrogen-bond acceptors (Lipinski definition) is 6. The van der Waals surface area contributed by atoms with Crippen molar-refractivity contribution in [3.8, 4) is 22.9 Å². The highest BCUT2D eigenvalue weighted by atomic mass is 31.1. The van der Waals surface area contributed by atoms with Gasteiger partial charge in [0.1, 0.15) is 5.75 Å². The third-order valence-corrected chi connectivity index (χ3v) is 6.17. The second kappa shape index (κ2) is 14.6. The van der Waals surface area contributed by atoms with Crippen molar-refractivity contribution in [3.63, 3.8) is 0 Å². The lowest BCUT2D eigenvalue weighted by Crippen LogP contribution is -2.16. The van der Waals surface area contributed by atoms with Crippen molar-refractivity contribution in [3.05, 3.63) is 77.2 Å². The van der Waals surface area contributed by atoms with E-state index in [1.807, 2.05) is 24.3 Å². The molecule has 0 amide bonds. The van der Waals surface area contributed by atoms with Crippen LogP contribution < -0.4 is 10.1 Å². The molecule has 0 aliphatic carbocycles. The van der Waals surface area contributed by atoms with E-state index in [-0.39, 0.29) is 6.61 Å². The number of rotatable bonds is 15. The molecule has 1 aromatic heterocycles. The van der Waals surface area contributed by atoms with Crippen molar-refractivity contribution in [2.24, 2.45) is 5.92 Å². The third kappa shape index (κ3) is 8.96. The summed E-state index contributed by atoms with van der Waals surface area (Å²) in [5.74, 6) is 1.31. The summed E-state index contributed by atoms with van der Waals surface area (Å²) >= 11 is 0. The zero-order valence-electron chi connectivity index (χ0n) is 21.0. The van der Waals surface area contributed by atoms with Gasteiger partial charge in [-0.1, -0.05) is 32.0 Å². The summed E-state index contributed by atoms with van der Waals surface area (Å²) < 4.78 is 26.7. The number of furan rings is 1. The van der Waals surface area contributed by atoms with Crippen molar-refractivity contribution in [1.82, 2.24) is 5.32 Å². The minimum absolute atomic E-state index is 0.258. The van der Waals surface area contributed by atoms with Crippen molar-refractivity contribution in [2.45, 2.75) is 46.1 Å². The van der Waals surface area contributed by atoms with Gasteiger partial charge in [0, 0.05) is 17.7 Å². The SMILES string of the molecule is CC(C)Cc1ccc(CCCOc2ccc(CNCCCO[PH](=O)O)cc2-c2ccoc2)cc1C#N. The Labute approximate surface area is 214 Å². The topological polar surface area (TPSA) is 105 Å². The first-order valence-corrected chi connectivity index (χ1v) is 13.6. The Bertz CT molecular complexity index is 1160. The summed E-state index contributed by atoms with van der Waals surface area (Å²) in [6.07, 6.45) is 6.60. The van der Waals surface area contributed by atoms with Gasteiger partial charge in [-0.3, -0.25) is 4.57 Å². The van der Waals surface area contributed by atoms with Gasteiger partial charge in [0.2, 0.25) is 0 Å². The molecule has 8 heteroatoms. The Kier molecular flexibility index (Phi) is 11.3. The highest BCUT2D eigenvalue weighted by Crippen LogP contribution is 2.32. The lowest BCUT2D eigenvalue weighted by Gasteiger charge is -2.13. The van der Waals surface area contributed by atoms with Gasteiger partial charge in [0.25, 0.3) is 0 Å². The first-order valence-electron chi connectivity index (χ1n) is 12.3. The van der Waals surface area contributed by atoms with Gasteiger partial charge in [-0.05, 0) is 79.1 Å². The minimum atomic E-state index is -2.86. The maximum atomic E-state index is 10.6. The average Bonchev–Trinajstić information content (AvgIpc) is 3.39. The highest BCUT2D eigenvalue weighted by molar-refractivity contribution is 7.32. The van der Waals surface area contributed by atoms with E-state index in [0.29, 0.717) is 32.0 Å². The molecule has 0 saturated heterocycles. The molecule has 0 aliphatic heterocycles. The zero-order valence-corrected chi connectivity index (χ0v) is 22.0. The lowest BCUT2D eigenvalue weighted by molar-refractivity contribution is 0.276. The molecular weight excluding hydrogens is 475 g/mol. The molecule has 0 fully saturated rings. The predicted octanol–water partition coefficient (Wildman–Crippen LogP) is 5.91. The molecule has 1 atom stereocenters. The van der Waals surface area contributed by atoms with Crippen LogP contribution in [0.25, 0.3) is 11.1 Å². The number of ether oxygens (including phenoxy) is 1. The summed E-state index contributed by atoms with van der Waals surface area (Å²) in [6.45, 7) is 6.49. The molecule has 0 saturated carbocycles. The Morgan fingerprint density at radius 1 is 1.11 bits per heavy atom. The first-order chi connectivity index (χ1) is 17.5. The zero-order chi connectivity index (χ0) is 25.8. The maximum Gasteiger partial charge on any atom is 0.316 e. The minimum Gasteiger partial charge on any atom is -0.493 e. The normalized spacial score (nSPS) is 12.0. The number of aryl methyl sites for hydroxylation is 1. The van der Waals surface area contributed by atoms with E-state index in [2.05, 4.69) is 43.4 Å². The van der Waals surface area contributed by atoms with E-state index in [1.165, 1.54) is 0 Å². The van der Waals surface area contributed by atoms with E-state index in [0.717, 1.165) is 58.4 Å². The summed E-state index contributed by atoms with van der Waals surface area (Å²) in [7, 11) is -2.86. The van der Waals surface area contributed by atoms with Gasteiger partial charge in [-0.25, -0.2) is 0 Å². The van der Waals surface area contributed by atoms with E-state index in [1.54, 1.807) is 12.5 Å². The Balaban J connectivity index is 1.55. The van der Waals surface area contributed by atoms with E-state index < -0.39 is 8.25 Å². The van der Waals surface area contributed by atoms with Crippen molar-refractivity contribution < 1.29 is 23.1 Å². The molecule has 192 valence electrons. The van der Waals surface area contributed by atoms with Gasteiger partial charge < -0.3 is 23.9 Å². The van der Waals surface area contributed by atoms with Crippen LogP contribution in [0.4, 0.5) is 0 Å². The maximum absolute atomic E-state index is 10.6. The number of nitriles is 1. The smallest absolute Gasteiger partial charge is 0.316 e. The summed E-state index contributed by atoms with van der Waals surface area (Å²) in [6, 6.07) is 16.6. The highest BCUT2D eigenvalue weighted by Gasteiger charge is 2.10. The molecule has 2 N–H and O–H groups in total. The quantitative estimate of drug-likeness (QED) is 0.194. The standard InChI is InChI=1S/C28H35N2O5P/c1-21(2)15-24-8-6-22(16-26(24)18-29)5-3-12-34-28-9-7-23(17-27(28)25-10-14-33-20-25)19-30-11-4-13-35-36(31)32/h6-10,14,16-17,20-21,30,36H,3-5,11-13,15,19H2,1-2H3,(H,31,32). The van der Waals surface area contributed by atoms with Gasteiger partial charge in [-0.2, -0.15) is 5.26 Å². The average molecular weight is 511 g/mol. The molecule has 0 aliphatic rings. The third-order valence-electron chi connectivity index (χ3n) is 5.72. The number of benzene rings is 2. The van der Waals surface area contributed by atoms with Gasteiger partial charge >= 0.3 is 8.25 Å². The first kappa shape index (κ1) is 27.7. The van der Waals surface area contributed by atoms with Crippen LogP contribution in [0.3, 0.4) is 0 Å². The largest absolute Gasteiger partial charge is 0.493 e. The molecule has 0 spiro atoms. The van der Waals surface area contributed by atoms with Crippen LogP contribution in [0.1, 0.15) is 48.9 Å². The van der Waals surface area contributed by atoms with E-state index in [9.17, 15) is 9.83 Å². The fourth-order valence-corrected chi connectivity index (χ4v) is 4.32. The molecule has 3 aromatic rings. The van der Waals surface area contributed by atoms with Crippen molar-refractivity contribution in [1.29, 1.82) is 5.26 Å². The fraction of sp³-hybridized carbons (Fsp3) is 0.393. The van der Waals surface area contributed by atoms with Crippen LogP contribution in [0.15, 0.2) is 59.4 Å². The molecule has 2 aromatic carbocycles. The second-order valence-electron chi connectivity index (χ2n) is 9.14. The molecule has 1 heterocycles. The van der Waals surface area contributed by atoms with Crippen LogP contribution >= 0.6 is 8.25 Å². The Morgan fingerprint density at radius 2 is 1.94 bits per heavy atom. The van der Waals surface area contributed by atoms with Crippen molar-refractivity contribution in [2.75, 3.05) is 19.8 Å². The van der Waals surface area contributed by atoms with Crippen LogP contribution in [-0.2, 0) is 28.5 Å². The molecule has 1 unspecified atom stereocenters. The van der Waals surface area contributed by atoms with Crippen LogP contribution in [0.2, 0.25) is 0 Å². The van der Waals surface area contributed by atoms with Crippen molar-refractivity contribution >= 4 is 8.25 Å². The van der Waals surface area contributed by atoms with E-state index >= 15 is 0 Å². The molecular formula is C28H35N2O5P. The Hall–Kier alpha value is -2.88. The molecule has 0 bridgehead atoms.